The summed E-state index contributed by atoms with van der Waals surface area (Å²) in [4.78, 5) is 28.3. The molecule has 0 aliphatic carbocycles. The van der Waals surface area contributed by atoms with Gasteiger partial charge in [0.2, 0.25) is 0 Å². The van der Waals surface area contributed by atoms with Crippen molar-refractivity contribution < 1.29 is 0 Å². The molecular weight excluding hydrogens is 492 g/mol. The standard InChI is InChI=1S/C36H44N2O2/c1-7-9-11-13-15-37-29-21-28-30(22-27(29)35(39)33-25(5)17-23(3)19-31(33)37)38(16-14-12-10-8-2)32-20-24(4)18-26(6)34(32)36(28)40/h17-22H,7-16H2,1-6H3. The topological polar surface area (TPSA) is 44.0 Å². The lowest BCUT2D eigenvalue weighted by Crippen LogP contribution is -2.17. The molecule has 0 radical (unpaired) electrons. The molecule has 0 fully saturated rings. The minimum atomic E-state index is 0.0692. The molecule has 5 rings (SSSR count). The highest BCUT2D eigenvalue weighted by molar-refractivity contribution is 6.04. The van der Waals surface area contributed by atoms with Crippen LogP contribution in [0.2, 0.25) is 0 Å². The van der Waals surface area contributed by atoms with Gasteiger partial charge in [0.05, 0.1) is 22.1 Å². The first-order valence-electron chi connectivity index (χ1n) is 15.3. The van der Waals surface area contributed by atoms with Crippen molar-refractivity contribution in [1.82, 2.24) is 9.13 Å². The number of aryl methyl sites for hydroxylation is 6. The van der Waals surface area contributed by atoms with Gasteiger partial charge in [-0.15, -0.1) is 0 Å². The van der Waals surface area contributed by atoms with E-state index in [4.69, 9.17) is 0 Å². The Morgan fingerprint density at radius 2 is 0.900 bits per heavy atom. The lowest BCUT2D eigenvalue weighted by Gasteiger charge is -2.20. The van der Waals surface area contributed by atoms with E-state index in [0.29, 0.717) is 10.8 Å². The van der Waals surface area contributed by atoms with Crippen LogP contribution in [0.15, 0.2) is 46.0 Å². The van der Waals surface area contributed by atoms with Crippen LogP contribution in [0, 0.1) is 27.7 Å². The van der Waals surface area contributed by atoms with Gasteiger partial charge < -0.3 is 9.13 Å². The number of hydrogen-bond acceptors (Lipinski definition) is 2. The fraction of sp³-hybridized carbons (Fsp3) is 0.444. The number of nitrogens with zero attached hydrogens (tertiary/aromatic N) is 2. The van der Waals surface area contributed by atoms with Crippen molar-refractivity contribution in [2.45, 2.75) is 106 Å². The van der Waals surface area contributed by atoms with Crippen molar-refractivity contribution in [3.8, 4) is 0 Å². The Morgan fingerprint density at radius 1 is 0.500 bits per heavy atom. The molecule has 4 nitrogen and oxygen atoms in total. The first kappa shape index (κ1) is 28.1. The van der Waals surface area contributed by atoms with E-state index in [1.54, 1.807) is 0 Å². The second kappa shape index (κ2) is 11.6. The monoisotopic (exact) mass is 536 g/mol. The summed E-state index contributed by atoms with van der Waals surface area (Å²) in [5.74, 6) is 0. The summed E-state index contributed by atoms with van der Waals surface area (Å²) in [6.45, 7) is 14.4. The molecule has 0 saturated carbocycles. The number of benzene rings is 3. The van der Waals surface area contributed by atoms with Crippen LogP contribution in [0.3, 0.4) is 0 Å². The lowest BCUT2D eigenvalue weighted by molar-refractivity contribution is 0.600. The van der Waals surface area contributed by atoms with Gasteiger partial charge in [0.25, 0.3) is 0 Å². The van der Waals surface area contributed by atoms with Gasteiger partial charge in [-0.25, -0.2) is 0 Å². The van der Waals surface area contributed by atoms with E-state index in [9.17, 15) is 9.59 Å². The molecule has 0 aliphatic rings. The molecule has 0 saturated heterocycles. The molecule has 0 spiro atoms. The van der Waals surface area contributed by atoms with Crippen LogP contribution < -0.4 is 10.9 Å². The molecule has 5 aromatic rings. The predicted molar refractivity (Wildman–Crippen MR) is 172 cm³/mol. The Hall–Kier alpha value is -3.40. The summed E-state index contributed by atoms with van der Waals surface area (Å²) in [5, 5.41) is 3.04. The Kier molecular flexibility index (Phi) is 8.16. The molecule has 2 heterocycles. The van der Waals surface area contributed by atoms with E-state index in [0.717, 1.165) is 93.9 Å². The van der Waals surface area contributed by atoms with Gasteiger partial charge in [0.15, 0.2) is 10.9 Å². The molecule has 2 aromatic heterocycles. The van der Waals surface area contributed by atoms with E-state index < -0.39 is 0 Å². The smallest absolute Gasteiger partial charge is 0.197 e. The van der Waals surface area contributed by atoms with Crippen LogP contribution in [-0.4, -0.2) is 9.13 Å². The second-order valence-electron chi connectivity index (χ2n) is 11.9. The zero-order valence-electron chi connectivity index (χ0n) is 25.2. The maximum atomic E-state index is 14.2. The molecule has 40 heavy (non-hydrogen) atoms. The Bertz CT molecular complexity index is 1720. The molecule has 0 N–H and O–H groups in total. The fourth-order valence-corrected chi connectivity index (χ4v) is 6.70. The van der Waals surface area contributed by atoms with E-state index in [1.165, 1.54) is 25.7 Å². The number of rotatable bonds is 10. The van der Waals surface area contributed by atoms with E-state index in [2.05, 4.69) is 61.1 Å². The number of hydrogen-bond donors (Lipinski definition) is 0. The molecule has 4 heteroatoms. The molecule has 0 amide bonds. The third kappa shape index (κ3) is 4.98. The van der Waals surface area contributed by atoms with Gasteiger partial charge in [-0.05, 0) is 87.1 Å². The summed E-state index contributed by atoms with van der Waals surface area (Å²) >= 11 is 0. The first-order chi connectivity index (χ1) is 19.3. The minimum Gasteiger partial charge on any atom is -0.340 e. The number of unbranched alkanes of at least 4 members (excludes halogenated alkanes) is 6. The quantitative estimate of drug-likeness (QED) is 0.132. The van der Waals surface area contributed by atoms with Gasteiger partial charge in [-0.2, -0.15) is 0 Å². The van der Waals surface area contributed by atoms with Crippen LogP contribution >= 0.6 is 0 Å². The largest absolute Gasteiger partial charge is 0.340 e. The summed E-state index contributed by atoms with van der Waals surface area (Å²) in [5.41, 5.74) is 8.21. The normalized spacial score (nSPS) is 11.9. The SMILES string of the molecule is CCCCCCn1c2cc3c(=O)c4c(C)cc(C)cc4n(CCCCCC)c3cc2c(=O)c2c(C)cc(C)cc21. The highest BCUT2D eigenvalue weighted by Crippen LogP contribution is 2.30. The van der Waals surface area contributed by atoms with E-state index in [1.807, 2.05) is 26.0 Å². The molecule has 0 unspecified atom stereocenters. The van der Waals surface area contributed by atoms with Crippen molar-refractivity contribution >= 4 is 43.6 Å². The van der Waals surface area contributed by atoms with Gasteiger partial charge in [-0.1, -0.05) is 64.5 Å². The van der Waals surface area contributed by atoms with Crippen molar-refractivity contribution in [2.75, 3.05) is 0 Å². The Morgan fingerprint density at radius 3 is 1.27 bits per heavy atom. The summed E-state index contributed by atoms with van der Waals surface area (Å²) in [7, 11) is 0. The van der Waals surface area contributed by atoms with Crippen molar-refractivity contribution in [2.24, 2.45) is 0 Å². The first-order valence-corrected chi connectivity index (χ1v) is 15.3. The minimum absolute atomic E-state index is 0.0692. The maximum absolute atomic E-state index is 14.2. The third-order valence-electron chi connectivity index (χ3n) is 8.61. The third-order valence-corrected chi connectivity index (χ3v) is 8.61. The zero-order valence-corrected chi connectivity index (χ0v) is 25.2. The van der Waals surface area contributed by atoms with Crippen LogP contribution in [0.1, 0.15) is 87.5 Å². The fourth-order valence-electron chi connectivity index (χ4n) is 6.70. The number of pyridine rings is 2. The summed E-state index contributed by atoms with van der Waals surface area (Å²) in [6.07, 6.45) is 9.15. The predicted octanol–water partition coefficient (Wildman–Crippen LogP) is 9.02. The van der Waals surface area contributed by atoms with Gasteiger partial charge in [0.1, 0.15) is 0 Å². The lowest BCUT2D eigenvalue weighted by atomic mass is 9.98. The average Bonchev–Trinajstić information content (AvgIpc) is 2.90. The van der Waals surface area contributed by atoms with Crippen LogP contribution in [0.25, 0.3) is 43.6 Å². The van der Waals surface area contributed by atoms with Crippen LogP contribution in [0.4, 0.5) is 0 Å². The molecule has 0 bridgehead atoms. The van der Waals surface area contributed by atoms with Crippen LogP contribution in [0.5, 0.6) is 0 Å². The molecular formula is C36H44N2O2. The van der Waals surface area contributed by atoms with Crippen molar-refractivity contribution in [3.63, 3.8) is 0 Å². The van der Waals surface area contributed by atoms with E-state index >= 15 is 0 Å². The number of fused-ring (bicyclic) bond motifs is 4. The zero-order chi connectivity index (χ0) is 28.6. The molecule has 0 aliphatic heterocycles. The average molecular weight is 537 g/mol. The summed E-state index contributed by atoms with van der Waals surface area (Å²) < 4.78 is 4.64. The second-order valence-corrected chi connectivity index (χ2v) is 11.9. The Balaban J connectivity index is 1.90. The molecule has 0 atom stereocenters. The summed E-state index contributed by atoms with van der Waals surface area (Å²) in [6, 6.07) is 12.6. The van der Waals surface area contributed by atoms with Crippen molar-refractivity contribution in [3.05, 3.63) is 79.1 Å². The maximum Gasteiger partial charge on any atom is 0.197 e. The highest BCUT2D eigenvalue weighted by atomic mass is 16.1. The molecule has 3 aromatic carbocycles. The molecule has 210 valence electrons. The highest BCUT2D eigenvalue weighted by Gasteiger charge is 2.19. The van der Waals surface area contributed by atoms with Crippen molar-refractivity contribution in [1.29, 1.82) is 0 Å². The van der Waals surface area contributed by atoms with Gasteiger partial charge in [0, 0.05) is 34.6 Å². The Labute approximate surface area is 237 Å². The van der Waals surface area contributed by atoms with Gasteiger partial charge >= 0.3 is 0 Å². The van der Waals surface area contributed by atoms with Gasteiger partial charge in [-0.3, -0.25) is 9.59 Å². The number of aromatic nitrogens is 2. The van der Waals surface area contributed by atoms with Crippen LogP contribution in [-0.2, 0) is 13.1 Å². The van der Waals surface area contributed by atoms with E-state index in [-0.39, 0.29) is 10.9 Å².